The Kier molecular flexibility index (Phi) is 9.03. The Hall–Kier alpha value is -4.43. The van der Waals surface area contributed by atoms with Gasteiger partial charge >= 0.3 is 0 Å². The van der Waals surface area contributed by atoms with E-state index in [1.165, 1.54) is 19.3 Å². The van der Waals surface area contributed by atoms with Crippen LogP contribution in [0.1, 0.15) is 57.2 Å². The molecular weight excluding hydrogens is 530 g/mol. The number of nitriles is 1. The smallest absolute Gasteiger partial charge is 0.257 e. The van der Waals surface area contributed by atoms with E-state index < -0.39 is 0 Å². The summed E-state index contributed by atoms with van der Waals surface area (Å²) in [5.74, 6) is 0.309. The number of carbonyl (C=O) groups excluding carboxylic acids is 2. The second-order valence-electron chi connectivity index (χ2n) is 11.2. The molecule has 1 aliphatic carbocycles. The summed E-state index contributed by atoms with van der Waals surface area (Å²) in [7, 11) is 0. The maximum atomic E-state index is 13.5. The zero-order chi connectivity index (χ0) is 29.6. The molecule has 3 unspecified atom stereocenters. The van der Waals surface area contributed by atoms with Crippen molar-refractivity contribution in [1.29, 1.82) is 5.26 Å². The number of likely N-dealkylation sites (tertiary alicyclic amines) is 1. The third-order valence-corrected chi connectivity index (χ3v) is 8.10. The number of aromatic nitrogens is 3. The highest BCUT2D eigenvalue weighted by Crippen LogP contribution is 2.37. The van der Waals surface area contributed by atoms with Gasteiger partial charge in [0.25, 0.3) is 5.91 Å². The van der Waals surface area contributed by atoms with E-state index in [9.17, 15) is 9.59 Å². The number of fused-ring (bicyclic) bond motifs is 2. The number of amides is 2. The quantitative estimate of drug-likeness (QED) is 0.466. The van der Waals surface area contributed by atoms with Crippen LogP contribution in [0.2, 0.25) is 0 Å². The van der Waals surface area contributed by atoms with Crippen molar-refractivity contribution in [2.24, 2.45) is 15.9 Å². The Morgan fingerprint density at radius 1 is 1.17 bits per heavy atom. The van der Waals surface area contributed by atoms with Crippen molar-refractivity contribution in [3.05, 3.63) is 53.1 Å². The lowest BCUT2D eigenvalue weighted by Crippen LogP contribution is -2.38. The normalized spacial score (nSPS) is 25.6. The summed E-state index contributed by atoms with van der Waals surface area (Å²) in [6.45, 7) is 7.51. The maximum absolute atomic E-state index is 13.5. The highest BCUT2D eigenvalue weighted by Gasteiger charge is 2.38. The molecule has 2 amide bonds. The Bertz CT molecular complexity index is 1510. The molecule has 2 fully saturated rings. The van der Waals surface area contributed by atoms with Crippen molar-refractivity contribution in [3.63, 3.8) is 0 Å². The fourth-order valence-electron chi connectivity index (χ4n) is 5.71. The number of nitrogens with one attached hydrogen (secondary N) is 2. The Morgan fingerprint density at radius 2 is 2.02 bits per heavy atom. The fraction of sp³-hybridized carbons (Fsp3) is 0.452. The Balaban J connectivity index is 1.29. The number of pyridine rings is 1. The van der Waals surface area contributed by atoms with Crippen LogP contribution in [0.4, 0.5) is 11.4 Å². The van der Waals surface area contributed by atoms with Crippen molar-refractivity contribution in [1.82, 2.24) is 19.7 Å². The van der Waals surface area contributed by atoms with Crippen molar-refractivity contribution in [2.45, 2.75) is 71.5 Å². The van der Waals surface area contributed by atoms with Gasteiger partial charge < -0.3 is 10.6 Å². The van der Waals surface area contributed by atoms with E-state index in [1.54, 1.807) is 35.6 Å². The van der Waals surface area contributed by atoms with Crippen molar-refractivity contribution in [3.8, 4) is 6.07 Å². The maximum Gasteiger partial charge on any atom is 0.257 e. The highest BCUT2D eigenvalue weighted by atomic mass is 16.2. The number of hydrogen-bond donors (Lipinski definition) is 2. The van der Waals surface area contributed by atoms with Gasteiger partial charge in [-0.05, 0) is 63.2 Å². The monoisotopic (exact) mass is 567 g/mol. The van der Waals surface area contributed by atoms with Crippen LogP contribution >= 0.6 is 0 Å². The number of carbonyl (C=O) groups is 2. The van der Waals surface area contributed by atoms with E-state index in [0.29, 0.717) is 59.5 Å². The number of piperidine rings is 1. The molecular formula is C31H37N9O2. The lowest BCUT2D eigenvalue weighted by molar-refractivity contribution is -0.117. The second kappa shape index (κ2) is 13.0. The summed E-state index contributed by atoms with van der Waals surface area (Å²) in [5.41, 5.74) is 4.23. The molecule has 3 atom stereocenters. The van der Waals surface area contributed by atoms with E-state index in [2.05, 4.69) is 41.7 Å². The van der Waals surface area contributed by atoms with Crippen LogP contribution in [0.15, 0.2) is 51.9 Å². The largest absolute Gasteiger partial charge is 0.324 e. The third kappa shape index (κ3) is 6.89. The van der Waals surface area contributed by atoms with Crippen LogP contribution in [0.3, 0.4) is 0 Å². The van der Waals surface area contributed by atoms with Gasteiger partial charge in [-0.25, -0.2) is 0 Å². The molecule has 0 radical (unpaired) electrons. The molecule has 218 valence electrons. The summed E-state index contributed by atoms with van der Waals surface area (Å²) in [4.78, 5) is 42.3. The Labute approximate surface area is 246 Å². The molecule has 1 saturated heterocycles. The standard InChI is InChI=1S/C31H37N9O2/c1-4-24-11-29(23-14-36-40(18-23)9-5-8-32)35-13-20(2)27(16-34-24)31(42)38-28-12-25(15-33-21(28)3)37-30(41)19-39-17-22-6-7-26(39)10-22/h11-16,18,22,24,26H,4-7,9-10,17,19H2,1-3H3,(H,37,41)(H,38,42)/b27-20-,29-11-,34-16?,35-13-. The van der Waals surface area contributed by atoms with Crippen LogP contribution in [-0.2, 0) is 16.1 Å². The van der Waals surface area contributed by atoms with Gasteiger partial charge in [0.15, 0.2) is 0 Å². The third-order valence-electron chi connectivity index (χ3n) is 8.10. The predicted octanol–water partition coefficient (Wildman–Crippen LogP) is 4.15. The van der Waals surface area contributed by atoms with E-state index in [-0.39, 0.29) is 17.9 Å². The molecule has 2 aromatic heterocycles. The molecule has 2 aromatic rings. The number of hydrogen-bond acceptors (Lipinski definition) is 8. The molecule has 42 heavy (non-hydrogen) atoms. The van der Waals surface area contributed by atoms with Gasteiger partial charge in [0.2, 0.25) is 5.91 Å². The molecule has 2 bridgehead atoms. The van der Waals surface area contributed by atoms with E-state index in [1.807, 2.05) is 33.0 Å². The lowest BCUT2D eigenvalue weighted by Gasteiger charge is -2.25. The van der Waals surface area contributed by atoms with Crippen LogP contribution < -0.4 is 10.6 Å². The molecule has 11 nitrogen and oxygen atoms in total. The van der Waals surface area contributed by atoms with E-state index in [0.717, 1.165) is 24.4 Å². The molecule has 4 heterocycles. The van der Waals surface area contributed by atoms with Crippen LogP contribution in [0.5, 0.6) is 0 Å². The molecule has 5 rings (SSSR count). The average molecular weight is 568 g/mol. The molecule has 11 heteroatoms. The minimum Gasteiger partial charge on any atom is -0.324 e. The topological polar surface area (TPSA) is 141 Å². The molecule has 3 aliphatic rings. The van der Waals surface area contributed by atoms with Gasteiger partial charge in [-0.2, -0.15) is 10.4 Å². The molecule has 2 N–H and O–H groups in total. The van der Waals surface area contributed by atoms with Crippen LogP contribution in [0, 0.1) is 24.2 Å². The summed E-state index contributed by atoms with van der Waals surface area (Å²) in [5, 5.41) is 19.1. The van der Waals surface area contributed by atoms with Crippen molar-refractivity contribution < 1.29 is 9.59 Å². The summed E-state index contributed by atoms with van der Waals surface area (Å²) in [6.07, 6.45) is 15.1. The fourth-order valence-corrected chi connectivity index (χ4v) is 5.71. The van der Waals surface area contributed by atoms with Gasteiger partial charge in [0, 0.05) is 36.8 Å². The number of allylic oxidation sites excluding steroid dienone is 1. The number of nitrogens with zero attached hydrogens (tertiary/aromatic N) is 7. The first-order chi connectivity index (χ1) is 20.3. The van der Waals surface area contributed by atoms with Gasteiger partial charge in [-0.15, -0.1) is 0 Å². The first-order valence-corrected chi connectivity index (χ1v) is 14.5. The number of aryl methyl sites for hydroxylation is 2. The minimum atomic E-state index is -0.341. The Morgan fingerprint density at radius 3 is 2.76 bits per heavy atom. The first kappa shape index (κ1) is 29.1. The minimum absolute atomic E-state index is 0.0758. The van der Waals surface area contributed by atoms with Gasteiger partial charge in [-0.3, -0.25) is 34.1 Å². The first-order valence-electron chi connectivity index (χ1n) is 14.5. The average Bonchev–Trinajstić information content (AvgIpc) is 3.73. The zero-order valence-electron chi connectivity index (χ0n) is 24.4. The van der Waals surface area contributed by atoms with Crippen LogP contribution in [-0.4, -0.2) is 69.1 Å². The molecule has 0 spiro atoms. The number of rotatable bonds is 9. The lowest BCUT2D eigenvalue weighted by atomic mass is 10.1. The number of anilines is 2. The summed E-state index contributed by atoms with van der Waals surface area (Å²) >= 11 is 0. The predicted molar refractivity (Wildman–Crippen MR) is 163 cm³/mol. The van der Waals surface area contributed by atoms with Gasteiger partial charge in [-0.1, -0.05) is 6.92 Å². The molecule has 2 aliphatic heterocycles. The van der Waals surface area contributed by atoms with Crippen LogP contribution in [0.25, 0.3) is 5.70 Å². The van der Waals surface area contributed by atoms with E-state index in [4.69, 9.17) is 5.26 Å². The zero-order valence-corrected chi connectivity index (χ0v) is 24.4. The molecule has 0 aromatic carbocycles. The summed E-state index contributed by atoms with van der Waals surface area (Å²) in [6, 6.07) is 4.19. The second-order valence-corrected chi connectivity index (χ2v) is 11.2. The summed E-state index contributed by atoms with van der Waals surface area (Å²) < 4.78 is 1.72. The van der Waals surface area contributed by atoms with Gasteiger partial charge in [0.05, 0.1) is 72.4 Å². The SMILES string of the molecule is CCC1\C=C(c2cnn(CCC#N)c2)/N=C\C(C)=C(/C(=O)Nc2cc(NC(=O)CN3CC4CCC3C4)cnc2C)C=N1. The van der Waals surface area contributed by atoms with Gasteiger partial charge in [0.1, 0.15) is 0 Å². The van der Waals surface area contributed by atoms with E-state index >= 15 is 0 Å². The molecule has 1 saturated carbocycles. The number of aliphatic imine (C=N–C) groups is 2. The van der Waals surface area contributed by atoms with Crippen molar-refractivity contribution in [2.75, 3.05) is 23.7 Å². The van der Waals surface area contributed by atoms with Crippen molar-refractivity contribution >= 4 is 41.3 Å². The highest BCUT2D eigenvalue weighted by molar-refractivity contribution is 6.21.